The van der Waals surface area contributed by atoms with Crippen LogP contribution in [-0.4, -0.2) is 22.5 Å². The Morgan fingerprint density at radius 3 is 2.60 bits per heavy atom. The minimum atomic E-state index is 0.664. The van der Waals surface area contributed by atoms with Crippen LogP contribution in [-0.2, 0) is 19.4 Å². The maximum Gasteiger partial charge on any atom is 0.0346 e. The van der Waals surface area contributed by atoms with E-state index >= 15 is 0 Å². The van der Waals surface area contributed by atoms with E-state index in [1.807, 2.05) is 6.20 Å². The van der Waals surface area contributed by atoms with Gasteiger partial charge in [0.2, 0.25) is 0 Å². The van der Waals surface area contributed by atoms with Gasteiger partial charge in [0.1, 0.15) is 0 Å². The van der Waals surface area contributed by atoms with E-state index in [1.165, 1.54) is 48.6 Å². The van der Waals surface area contributed by atoms with Crippen LogP contribution < -0.4 is 0 Å². The smallest absolute Gasteiger partial charge is 0.0346 e. The van der Waals surface area contributed by atoms with Crippen molar-refractivity contribution in [3.8, 4) is 0 Å². The summed E-state index contributed by atoms with van der Waals surface area (Å²) in [6, 6.07) is 18.4. The number of piperidine rings is 1. The van der Waals surface area contributed by atoms with Crippen LogP contribution in [0.3, 0.4) is 0 Å². The molecule has 2 bridgehead atoms. The summed E-state index contributed by atoms with van der Waals surface area (Å²) >= 11 is 0. The molecule has 2 aromatic carbocycles. The first-order valence-electron chi connectivity index (χ1n) is 9.49. The van der Waals surface area contributed by atoms with Crippen LogP contribution in [0.4, 0.5) is 0 Å². The van der Waals surface area contributed by atoms with E-state index < -0.39 is 0 Å². The largest absolute Gasteiger partial charge is 0.295 e. The number of aromatic nitrogens is 1. The van der Waals surface area contributed by atoms with Gasteiger partial charge in [-0.3, -0.25) is 9.88 Å². The van der Waals surface area contributed by atoms with E-state index in [9.17, 15) is 0 Å². The zero-order valence-electron chi connectivity index (χ0n) is 14.6. The fourth-order valence-corrected chi connectivity index (χ4v) is 4.82. The molecule has 3 aliphatic rings. The van der Waals surface area contributed by atoms with Gasteiger partial charge >= 0.3 is 0 Å². The van der Waals surface area contributed by atoms with E-state index in [0.29, 0.717) is 6.04 Å². The topological polar surface area (TPSA) is 16.1 Å². The van der Waals surface area contributed by atoms with Crippen LogP contribution in [0.2, 0.25) is 0 Å². The minimum Gasteiger partial charge on any atom is -0.295 e. The third-order valence-corrected chi connectivity index (χ3v) is 6.12. The molecule has 2 aliphatic heterocycles. The lowest BCUT2D eigenvalue weighted by atomic mass is 9.80. The van der Waals surface area contributed by atoms with Gasteiger partial charge in [0.05, 0.1) is 0 Å². The Hall–Kier alpha value is -2.19. The Balaban J connectivity index is 1.47. The summed E-state index contributed by atoms with van der Waals surface area (Å²) in [4.78, 5) is 7.22. The molecule has 1 aliphatic carbocycles. The molecule has 2 heteroatoms. The predicted molar refractivity (Wildman–Crippen MR) is 103 cm³/mol. The lowest BCUT2D eigenvalue weighted by Crippen LogP contribution is -2.46. The lowest BCUT2D eigenvalue weighted by Gasteiger charge is -2.42. The van der Waals surface area contributed by atoms with Crippen LogP contribution in [0.15, 0.2) is 60.9 Å². The van der Waals surface area contributed by atoms with Crippen molar-refractivity contribution in [1.82, 2.24) is 9.88 Å². The van der Waals surface area contributed by atoms with E-state index in [1.54, 1.807) is 11.1 Å². The zero-order valence-corrected chi connectivity index (χ0v) is 14.6. The second-order valence-electron chi connectivity index (χ2n) is 7.72. The molecule has 3 heterocycles. The molecular weight excluding hydrogens is 304 g/mol. The van der Waals surface area contributed by atoms with Gasteiger partial charge in [0, 0.05) is 36.9 Å². The molecular formula is C23H24N2. The number of fused-ring (bicyclic) bond motifs is 3. The molecule has 0 radical (unpaired) electrons. The van der Waals surface area contributed by atoms with Crippen LogP contribution in [0, 0.1) is 5.92 Å². The number of benzene rings is 2. The van der Waals surface area contributed by atoms with Crippen molar-refractivity contribution in [3.63, 3.8) is 0 Å². The second kappa shape index (κ2) is 6.27. The first kappa shape index (κ1) is 15.1. The normalized spacial score (nSPS) is 23.2. The molecule has 126 valence electrons. The molecule has 1 aromatic heterocycles. The van der Waals surface area contributed by atoms with Crippen molar-refractivity contribution in [2.24, 2.45) is 5.92 Å². The molecule has 25 heavy (non-hydrogen) atoms. The summed E-state index contributed by atoms with van der Waals surface area (Å²) < 4.78 is 0. The van der Waals surface area contributed by atoms with E-state index in [0.717, 1.165) is 12.5 Å². The molecule has 1 fully saturated rings. The molecule has 2 atom stereocenters. The Kier molecular flexibility index (Phi) is 3.79. The average molecular weight is 328 g/mol. The molecule has 3 aromatic rings. The molecule has 2 nitrogen and oxygen atoms in total. The first-order chi connectivity index (χ1) is 12.4. The predicted octanol–water partition coefficient (Wildman–Crippen LogP) is 4.61. The summed E-state index contributed by atoms with van der Waals surface area (Å²) in [7, 11) is 0. The molecule has 0 unspecified atom stereocenters. The minimum absolute atomic E-state index is 0.664. The average Bonchev–Trinajstić information content (AvgIpc) is 2.63. The monoisotopic (exact) mass is 328 g/mol. The van der Waals surface area contributed by atoms with Crippen molar-refractivity contribution in [2.45, 2.75) is 38.3 Å². The van der Waals surface area contributed by atoms with Crippen LogP contribution in [0.5, 0.6) is 0 Å². The standard InChI is InChI=1S/C23H24N2/c1-2-6-19-12-22-10-9-17(11-18(19)5-1)15-25(22)16-21-14-24-13-20-7-3-4-8-23(20)21/h1-8,13-14,17,22H,9-12,15-16H2/t17-,22-/m1/s1. The van der Waals surface area contributed by atoms with E-state index in [4.69, 9.17) is 0 Å². The quantitative estimate of drug-likeness (QED) is 0.683. The molecule has 6 rings (SSSR count). The van der Waals surface area contributed by atoms with Crippen molar-refractivity contribution >= 4 is 10.8 Å². The van der Waals surface area contributed by atoms with Gasteiger partial charge in [0.25, 0.3) is 0 Å². The van der Waals surface area contributed by atoms with Gasteiger partial charge in [-0.2, -0.15) is 0 Å². The van der Waals surface area contributed by atoms with Crippen LogP contribution in [0.25, 0.3) is 10.8 Å². The highest BCUT2D eigenvalue weighted by Gasteiger charge is 2.31. The summed E-state index contributed by atoms with van der Waals surface area (Å²) in [5.74, 6) is 0.792. The number of hydrogen-bond donors (Lipinski definition) is 0. The Morgan fingerprint density at radius 1 is 0.880 bits per heavy atom. The molecule has 0 saturated carbocycles. The number of nitrogens with zero attached hydrogens (tertiary/aromatic N) is 2. The number of hydrogen-bond acceptors (Lipinski definition) is 2. The van der Waals surface area contributed by atoms with Gasteiger partial charge < -0.3 is 0 Å². The summed E-state index contributed by atoms with van der Waals surface area (Å²) in [5, 5.41) is 2.61. The van der Waals surface area contributed by atoms with Crippen LogP contribution >= 0.6 is 0 Å². The van der Waals surface area contributed by atoms with Gasteiger partial charge in [0.15, 0.2) is 0 Å². The highest BCUT2D eigenvalue weighted by atomic mass is 15.2. The maximum absolute atomic E-state index is 4.49. The highest BCUT2D eigenvalue weighted by Crippen LogP contribution is 2.33. The zero-order chi connectivity index (χ0) is 16.6. The number of rotatable bonds is 2. The van der Waals surface area contributed by atoms with Crippen molar-refractivity contribution in [2.75, 3.05) is 6.54 Å². The summed E-state index contributed by atoms with van der Waals surface area (Å²) in [5.41, 5.74) is 4.53. The van der Waals surface area contributed by atoms with Crippen molar-refractivity contribution < 1.29 is 0 Å². The van der Waals surface area contributed by atoms with Gasteiger partial charge in [-0.25, -0.2) is 0 Å². The van der Waals surface area contributed by atoms with Gasteiger partial charge in [-0.1, -0.05) is 48.5 Å². The Morgan fingerprint density at radius 2 is 1.68 bits per heavy atom. The maximum atomic E-state index is 4.49. The third-order valence-electron chi connectivity index (χ3n) is 6.12. The SMILES string of the molecule is c1ccc2c(c1)C[C@H]1CC[C@H](C2)N(Cc2cncc3ccccc23)C1. The van der Waals surface area contributed by atoms with Crippen molar-refractivity contribution in [3.05, 3.63) is 77.6 Å². The van der Waals surface area contributed by atoms with E-state index in [-0.39, 0.29) is 0 Å². The summed E-state index contributed by atoms with van der Waals surface area (Å²) in [6.07, 6.45) is 9.20. The van der Waals surface area contributed by atoms with Crippen LogP contribution in [0.1, 0.15) is 29.5 Å². The fraction of sp³-hybridized carbons (Fsp3) is 0.348. The Bertz CT molecular complexity index is 896. The Labute approximate surface area is 149 Å². The highest BCUT2D eigenvalue weighted by molar-refractivity contribution is 5.84. The fourth-order valence-electron chi connectivity index (χ4n) is 4.82. The summed E-state index contributed by atoms with van der Waals surface area (Å²) in [6.45, 7) is 2.25. The molecule has 0 N–H and O–H groups in total. The lowest BCUT2D eigenvalue weighted by molar-refractivity contribution is 0.0941. The first-order valence-corrected chi connectivity index (χ1v) is 9.49. The van der Waals surface area contributed by atoms with Gasteiger partial charge in [-0.15, -0.1) is 0 Å². The molecule has 1 saturated heterocycles. The van der Waals surface area contributed by atoms with E-state index in [2.05, 4.69) is 64.6 Å². The second-order valence-corrected chi connectivity index (χ2v) is 7.72. The third kappa shape index (κ3) is 2.85. The molecule has 0 spiro atoms. The van der Waals surface area contributed by atoms with Gasteiger partial charge in [-0.05, 0) is 53.7 Å². The number of pyridine rings is 1. The van der Waals surface area contributed by atoms with Crippen molar-refractivity contribution in [1.29, 1.82) is 0 Å². The molecule has 0 amide bonds.